The van der Waals surface area contributed by atoms with E-state index in [-0.39, 0.29) is 11.8 Å². The first-order valence-corrected chi connectivity index (χ1v) is 4.65. The molecule has 1 aromatic carbocycles. The van der Waals surface area contributed by atoms with Gasteiger partial charge in [0.15, 0.2) is 0 Å². The quantitative estimate of drug-likeness (QED) is 0.696. The fraction of sp³-hybridized carbons (Fsp3) is 0.200. The van der Waals surface area contributed by atoms with Crippen molar-refractivity contribution in [3.63, 3.8) is 0 Å². The molecule has 16 heavy (non-hydrogen) atoms. The molecule has 0 aliphatic rings. The van der Waals surface area contributed by atoms with Gasteiger partial charge in [-0.1, -0.05) is 23.7 Å². The Morgan fingerprint density at radius 3 is 2.25 bits per heavy atom. The van der Waals surface area contributed by atoms with Crippen molar-refractivity contribution in [2.75, 3.05) is 7.05 Å². The van der Waals surface area contributed by atoms with Gasteiger partial charge in [-0.2, -0.15) is 23.4 Å². The van der Waals surface area contributed by atoms with E-state index in [0.29, 0.717) is 10.6 Å². The van der Waals surface area contributed by atoms with Crippen LogP contribution in [0.4, 0.5) is 13.2 Å². The van der Waals surface area contributed by atoms with E-state index in [9.17, 15) is 13.2 Å². The van der Waals surface area contributed by atoms with Gasteiger partial charge in [-0.05, 0) is 12.1 Å². The highest BCUT2D eigenvalue weighted by atomic mass is 35.5. The number of rotatable bonds is 2. The number of hydrogen-bond donors (Lipinski definition) is 0. The van der Waals surface area contributed by atoms with Crippen LogP contribution in [0.25, 0.3) is 5.70 Å². The molecular weight excluding hydrogens is 241 g/mol. The number of nitrogens with zero attached hydrogens (tertiary/aromatic N) is 2. The van der Waals surface area contributed by atoms with Crippen molar-refractivity contribution in [3.8, 4) is 0 Å². The summed E-state index contributed by atoms with van der Waals surface area (Å²) in [5.74, 6) is 0. The van der Waals surface area contributed by atoms with E-state index in [2.05, 4.69) is 10.2 Å². The van der Waals surface area contributed by atoms with Crippen LogP contribution in [0.2, 0.25) is 5.02 Å². The van der Waals surface area contributed by atoms with Crippen LogP contribution in [0.15, 0.2) is 40.6 Å². The second-order valence-electron chi connectivity index (χ2n) is 2.88. The maximum atomic E-state index is 12.2. The molecule has 1 rings (SSSR count). The van der Waals surface area contributed by atoms with Crippen molar-refractivity contribution in [2.24, 2.45) is 10.2 Å². The lowest BCUT2D eigenvalue weighted by Gasteiger charge is -2.04. The molecular formula is C10H8ClF3N2. The first kappa shape index (κ1) is 12.7. The minimum atomic E-state index is -4.43. The highest BCUT2D eigenvalue weighted by Gasteiger charge is 2.25. The summed E-state index contributed by atoms with van der Waals surface area (Å²) in [6, 6.07) is 5.89. The number of benzene rings is 1. The Labute approximate surface area is 95.4 Å². The van der Waals surface area contributed by atoms with Crippen molar-refractivity contribution in [2.45, 2.75) is 6.18 Å². The maximum Gasteiger partial charge on any atom is 0.411 e. The summed E-state index contributed by atoms with van der Waals surface area (Å²) in [4.78, 5) is 0. The number of hydrogen-bond acceptors (Lipinski definition) is 2. The molecule has 0 fully saturated rings. The Hall–Kier alpha value is -1.36. The molecule has 2 nitrogen and oxygen atoms in total. The van der Waals surface area contributed by atoms with Gasteiger partial charge >= 0.3 is 6.18 Å². The lowest BCUT2D eigenvalue weighted by molar-refractivity contribution is -0.0794. The van der Waals surface area contributed by atoms with Gasteiger partial charge in [0.25, 0.3) is 0 Å². The van der Waals surface area contributed by atoms with Crippen molar-refractivity contribution >= 4 is 17.3 Å². The molecule has 0 spiro atoms. The van der Waals surface area contributed by atoms with E-state index < -0.39 is 6.18 Å². The summed E-state index contributed by atoms with van der Waals surface area (Å²) in [5.41, 5.74) is 0.0685. The third-order valence-electron chi connectivity index (χ3n) is 1.65. The highest BCUT2D eigenvalue weighted by Crippen LogP contribution is 2.26. The molecule has 6 heteroatoms. The lowest BCUT2D eigenvalue weighted by atomic mass is 10.1. The average molecular weight is 249 g/mol. The molecule has 0 N–H and O–H groups in total. The van der Waals surface area contributed by atoms with Crippen LogP contribution in [-0.2, 0) is 0 Å². The molecule has 0 aromatic heterocycles. The van der Waals surface area contributed by atoms with Gasteiger partial charge in [0, 0.05) is 23.7 Å². The molecule has 0 unspecified atom stereocenters. The van der Waals surface area contributed by atoms with Gasteiger partial charge in [-0.3, -0.25) is 0 Å². The molecule has 0 heterocycles. The Kier molecular flexibility index (Phi) is 4.06. The van der Waals surface area contributed by atoms with Gasteiger partial charge in [0.1, 0.15) is 0 Å². The van der Waals surface area contributed by atoms with Gasteiger partial charge in [-0.25, -0.2) is 0 Å². The molecule has 0 saturated heterocycles. The molecule has 0 saturated carbocycles. The smallest absolute Gasteiger partial charge is 0.192 e. The summed E-state index contributed by atoms with van der Waals surface area (Å²) < 4.78 is 36.6. The minimum Gasteiger partial charge on any atom is -0.192 e. The van der Waals surface area contributed by atoms with Crippen LogP contribution in [0.3, 0.4) is 0 Å². The maximum absolute atomic E-state index is 12.2. The predicted molar refractivity (Wildman–Crippen MR) is 56.3 cm³/mol. The van der Waals surface area contributed by atoms with Gasteiger partial charge in [0.2, 0.25) is 0 Å². The first-order chi connectivity index (χ1) is 7.42. The average Bonchev–Trinajstić information content (AvgIpc) is 2.16. The predicted octanol–water partition coefficient (Wildman–Crippen LogP) is 4.33. The van der Waals surface area contributed by atoms with Crippen LogP contribution in [0, 0.1) is 0 Å². The zero-order valence-electron chi connectivity index (χ0n) is 8.29. The summed E-state index contributed by atoms with van der Waals surface area (Å²) in [6.07, 6.45) is -4.33. The molecule has 0 bridgehead atoms. The number of alkyl halides is 3. The third-order valence-corrected chi connectivity index (χ3v) is 1.90. The summed E-state index contributed by atoms with van der Waals surface area (Å²) >= 11 is 5.63. The van der Waals surface area contributed by atoms with E-state index in [1.165, 1.54) is 31.3 Å². The molecule has 1 aromatic rings. The molecule has 0 amide bonds. The molecule has 0 atom stereocenters. The largest absolute Gasteiger partial charge is 0.411 e. The number of azo groups is 1. The van der Waals surface area contributed by atoms with E-state index in [0.717, 1.165) is 0 Å². The second-order valence-corrected chi connectivity index (χ2v) is 3.31. The number of allylic oxidation sites excluding steroid dienone is 1. The second kappa shape index (κ2) is 5.12. The SMILES string of the molecule is CN=N/C(=C\C(F)(F)F)c1ccc(Cl)cc1. The van der Waals surface area contributed by atoms with Gasteiger partial charge in [-0.15, -0.1) is 0 Å². The van der Waals surface area contributed by atoms with Gasteiger partial charge in [0.05, 0.1) is 5.70 Å². The first-order valence-electron chi connectivity index (χ1n) is 4.28. The molecule has 0 radical (unpaired) electrons. The fourth-order valence-electron chi connectivity index (χ4n) is 1.05. The lowest BCUT2D eigenvalue weighted by Crippen LogP contribution is -2.02. The van der Waals surface area contributed by atoms with Crippen molar-refractivity contribution < 1.29 is 13.2 Å². The Bertz CT molecular complexity index is 407. The molecule has 0 aliphatic carbocycles. The summed E-state index contributed by atoms with van der Waals surface area (Å²) in [5, 5.41) is 7.22. The monoisotopic (exact) mass is 248 g/mol. The molecule has 86 valence electrons. The highest BCUT2D eigenvalue weighted by molar-refractivity contribution is 6.30. The topological polar surface area (TPSA) is 24.7 Å². The standard InChI is InChI=1S/C10H8ClF3N2/c1-15-16-9(6-10(12,13)14)7-2-4-8(11)5-3-7/h2-6H,1H3/b9-6-,16-15?. The van der Waals surface area contributed by atoms with Crippen molar-refractivity contribution in [1.29, 1.82) is 0 Å². The normalized spacial score (nSPS) is 13.4. The fourth-order valence-corrected chi connectivity index (χ4v) is 1.18. The van der Waals surface area contributed by atoms with Crippen LogP contribution in [0.1, 0.15) is 5.56 Å². The number of halogens is 4. The Morgan fingerprint density at radius 2 is 1.81 bits per heavy atom. The summed E-state index contributed by atoms with van der Waals surface area (Å²) in [7, 11) is 1.31. The van der Waals surface area contributed by atoms with Crippen LogP contribution in [0.5, 0.6) is 0 Å². The van der Waals surface area contributed by atoms with E-state index in [1.807, 2.05) is 0 Å². The van der Waals surface area contributed by atoms with E-state index >= 15 is 0 Å². The Balaban J connectivity index is 3.13. The van der Waals surface area contributed by atoms with Crippen LogP contribution >= 0.6 is 11.6 Å². The third kappa shape index (κ3) is 4.02. The zero-order valence-corrected chi connectivity index (χ0v) is 9.05. The van der Waals surface area contributed by atoms with Crippen molar-refractivity contribution in [3.05, 3.63) is 40.9 Å². The molecule has 0 aliphatic heterocycles. The van der Waals surface area contributed by atoms with Crippen molar-refractivity contribution in [1.82, 2.24) is 0 Å². The summed E-state index contributed by atoms with van der Waals surface area (Å²) in [6.45, 7) is 0. The van der Waals surface area contributed by atoms with Gasteiger partial charge < -0.3 is 0 Å². The van der Waals surface area contributed by atoms with Crippen LogP contribution < -0.4 is 0 Å². The minimum absolute atomic E-state index is 0.100. The zero-order chi connectivity index (χ0) is 12.2. The Morgan fingerprint density at radius 1 is 1.25 bits per heavy atom. The van der Waals surface area contributed by atoms with E-state index in [1.54, 1.807) is 0 Å². The van der Waals surface area contributed by atoms with Crippen LogP contribution in [-0.4, -0.2) is 13.2 Å². The van der Waals surface area contributed by atoms with E-state index in [4.69, 9.17) is 11.6 Å².